The SMILES string of the molecule is Cc1nc2c3ccccc3nn2c(C)c1CCC(=O)NC(C)(C)CN. The number of amides is 1. The standard InChI is InChI=1S/C19H25N5O/c1-12-14(9-10-17(25)22-19(3,4)11-20)13(2)24-18(21-12)15-7-5-6-8-16(15)23-24/h5-8H,9-11,20H2,1-4H3,(H,22,25). The molecular formula is C19H25N5O. The first-order chi connectivity index (χ1) is 11.8. The summed E-state index contributed by atoms with van der Waals surface area (Å²) in [6.07, 6.45) is 1.03. The highest BCUT2D eigenvalue weighted by Crippen LogP contribution is 2.22. The third-order valence-corrected chi connectivity index (χ3v) is 4.61. The van der Waals surface area contributed by atoms with Gasteiger partial charge >= 0.3 is 0 Å². The second kappa shape index (κ2) is 6.44. The summed E-state index contributed by atoms with van der Waals surface area (Å²) in [4.78, 5) is 17.0. The van der Waals surface area contributed by atoms with Gasteiger partial charge < -0.3 is 11.1 Å². The number of aryl methyl sites for hydroxylation is 2. The van der Waals surface area contributed by atoms with Crippen LogP contribution in [0.5, 0.6) is 0 Å². The quantitative estimate of drug-likeness (QED) is 0.747. The summed E-state index contributed by atoms with van der Waals surface area (Å²) in [5.74, 6) is -0.0000247. The van der Waals surface area contributed by atoms with E-state index in [-0.39, 0.29) is 11.4 Å². The minimum atomic E-state index is -0.386. The predicted octanol–water partition coefficient (Wildman–Crippen LogP) is 2.29. The molecule has 6 heteroatoms. The average Bonchev–Trinajstić information content (AvgIpc) is 2.93. The van der Waals surface area contributed by atoms with Gasteiger partial charge in [-0.1, -0.05) is 12.1 Å². The molecule has 132 valence electrons. The molecule has 1 aromatic carbocycles. The zero-order valence-corrected chi connectivity index (χ0v) is 15.3. The Kier molecular flexibility index (Phi) is 4.47. The summed E-state index contributed by atoms with van der Waals surface area (Å²) >= 11 is 0. The molecule has 0 spiro atoms. The summed E-state index contributed by atoms with van der Waals surface area (Å²) in [5.41, 5.74) is 10.1. The van der Waals surface area contributed by atoms with Gasteiger partial charge in [-0.25, -0.2) is 9.50 Å². The fraction of sp³-hybridized carbons (Fsp3) is 0.421. The highest BCUT2D eigenvalue weighted by molar-refractivity contribution is 5.92. The van der Waals surface area contributed by atoms with E-state index in [1.807, 2.05) is 56.5 Å². The highest BCUT2D eigenvalue weighted by atomic mass is 16.1. The van der Waals surface area contributed by atoms with Crippen LogP contribution >= 0.6 is 0 Å². The lowest BCUT2D eigenvalue weighted by molar-refractivity contribution is -0.122. The minimum Gasteiger partial charge on any atom is -0.350 e. The maximum atomic E-state index is 12.2. The summed E-state index contributed by atoms with van der Waals surface area (Å²) < 4.78 is 1.88. The Morgan fingerprint density at radius 3 is 2.72 bits per heavy atom. The lowest BCUT2D eigenvalue weighted by atomic mass is 10.0. The molecule has 0 unspecified atom stereocenters. The normalized spacial score (nSPS) is 12.0. The van der Waals surface area contributed by atoms with Crippen molar-refractivity contribution in [3.63, 3.8) is 0 Å². The highest BCUT2D eigenvalue weighted by Gasteiger charge is 2.19. The first-order valence-corrected chi connectivity index (χ1v) is 8.57. The topological polar surface area (TPSA) is 85.3 Å². The fourth-order valence-electron chi connectivity index (χ4n) is 3.07. The van der Waals surface area contributed by atoms with E-state index in [0.29, 0.717) is 19.4 Å². The number of fused-ring (bicyclic) bond motifs is 3. The van der Waals surface area contributed by atoms with Crippen molar-refractivity contribution < 1.29 is 4.79 Å². The van der Waals surface area contributed by atoms with E-state index >= 15 is 0 Å². The molecule has 3 rings (SSSR count). The Hall–Kier alpha value is -2.47. The summed E-state index contributed by atoms with van der Waals surface area (Å²) in [6, 6.07) is 7.99. The second-order valence-electron chi connectivity index (χ2n) is 7.15. The number of nitrogens with one attached hydrogen (secondary N) is 1. The lowest BCUT2D eigenvalue weighted by Crippen LogP contribution is -2.48. The number of carbonyl (C=O) groups is 1. The van der Waals surface area contributed by atoms with Gasteiger partial charge in [-0.05, 0) is 51.8 Å². The number of hydrogen-bond donors (Lipinski definition) is 2. The summed E-state index contributed by atoms with van der Waals surface area (Å²) in [5, 5.41) is 8.66. The number of benzene rings is 1. The monoisotopic (exact) mass is 339 g/mol. The van der Waals surface area contributed by atoms with Crippen molar-refractivity contribution >= 4 is 22.5 Å². The van der Waals surface area contributed by atoms with Crippen LogP contribution in [-0.4, -0.2) is 32.6 Å². The van der Waals surface area contributed by atoms with E-state index in [4.69, 9.17) is 10.7 Å². The largest absolute Gasteiger partial charge is 0.350 e. The molecule has 3 N–H and O–H groups in total. The van der Waals surface area contributed by atoms with Crippen molar-refractivity contribution in [1.82, 2.24) is 19.9 Å². The minimum absolute atomic E-state index is 0.0000247. The van der Waals surface area contributed by atoms with Crippen LogP contribution in [0.25, 0.3) is 16.6 Å². The van der Waals surface area contributed by atoms with Crippen molar-refractivity contribution in [2.24, 2.45) is 5.73 Å². The molecule has 0 aliphatic heterocycles. The molecule has 0 aliphatic carbocycles. The van der Waals surface area contributed by atoms with Gasteiger partial charge in [0.25, 0.3) is 0 Å². The Labute approximate surface area is 147 Å². The number of carbonyl (C=O) groups excluding carboxylic acids is 1. The predicted molar refractivity (Wildman–Crippen MR) is 99.6 cm³/mol. The lowest BCUT2D eigenvalue weighted by Gasteiger charge is -2.24. The molecule has 2 heterocycles. The molecule has 6 nitrogen and oxygen atoms in total. The number of aromatic nitrogens is 3. The van der Waals surface area contributed by atoms with Gasteiger partial charge in [0.2, 0.25) is 5.91 Å². The van der Waals surface area contributed by atoms with Crippen molar-refractivity contribution in [1.29, 1.82) is 0 Å². The second-order valence-corrected chi connectivity index (χ2v) is 7.15. The number of nitrogens with two attached hydrogens (primary N) is 1. The number of rotatable bonds is 5. The summed E-state index contributed by atoms with van der Waals surface area (Å²) in [7, 11) is 0. The van der Waals surface area contributed by atoms with Gasteiger partial charge in [0.1, 0.15) is 0 Å². The van der Waals surface area contributed by atoms with E-state index in [9.17, 15) is 4.79 Å². The van der Waals surface area contributed by atoms with Crippen molar-refractivity contribution in [2.75, 3.05) is 6.54 Å². The molecule has 0 aliphatic rings. The van der Waals surface area contributed by atoms with Gasteiger partial charge in [-0.3, -0.25) is 4.79 Å². The zero-order valence-electron chi connectivity index (χ0n) is 15.3. The molecule has 0 atom stereocenters. The first-order valence-electron chi connectivity index (χ1n) is 8.57. The number of hydrogen-bond acceptors (Lipinski definition) is 4. The summed E-state index contributed by atoms with van der Waals surface area (Å²) in [6.45, 7) is 8.27. The number of nitrogens with zero attached hydrogens (tertiary/aromatic N) is 3. The molecule has 0 saturated carbocycles. The van der Waals surface area contributed by atoms with E-state index in [2.05, 4.69) is 10.4 Å². The van der Waals surface area contributed by atoms with E-state index < -0.39 is 0 Å². The van der Waals surface area contributed by atoms with E-state index in [1.54, 1.807) is 0 Å². The molecule has 0 fully saturated rings. The molecule has 0 radical (unpaired) electrons. The molecule has 1 amide bonds. The average molecular weight is 339 g/mol. The van der Waals surface area contributed by atoms with E-state index in [0.717, 1.165) is 33.5 Å². The van der Waals surface area contributed by atoms with Crippen LogP contribution < -0.4 is 11.1 Å². The van der Waals surface area contributed by atoms with Crippen LogP contribution in [0.4, 0.5) is 0 Å². The maximum Gasteiger partial charge on any atom is 0.220 e. The van der Waals surface area contributed by atoms with Crippen LogP contribution in [0.3, 0.4) is 0 Å². The van der Waals surface area contributed by atoms with E-state index in [1.165, 1.54) is 0 Å². The van der Waals surface area contributed by atoms with Gasteiger partial charge in [0.15, 0.2) is 5.65 Å². The Balaban J connectivity index is 1.89. The zero-order chi connectivity index (χ0) is 18.2. The maximum absolute atomic E-state index is 12.2. The van der Waals surface area contributed by atoms with Crippen LogP contribution in [0, 0.1) is 13.8 Å². The van der Waals surface area contributed by atoms with Crippen molar-refractivity contribution in [3.8, 4) is 0 Å². The third kappa shape index (κ3) is 3.35. The van der Waals surface area contributed by atoms with Crippen LogP contribution in [-0.2, 0) is 11.2 Å². The Morgan fingerprint density at radius 1 is 1.28 bits per heavy atom. The molecular weight excluding hydrogens is 314 g/mol. The molecule has 2 aromatic heterocycles. The molecule has 25 heavy (non-hydrogen) atoms. The fourth-order valence-corrected chi connectivity index (χ4v) is 3.07. The van der Waals surface area contributed by atoms with Crippen LogP contribution in [0.2, 0.25) is 0 Å². The smallest absolute Gasteiger partial charge is 0.220 e. The van der Waals surface area contributed by atoms with Gasteiger partial charge in [0, 0.05) is 35.3 Å². The van der Waals surface area contributed by atoms with Crippen LogP contribution in [0.15, 0.2) is 24.3 Å². The molecule has 0 saturated heterocycles. The Morgan fingerprint density at radius 2 is 2.00 bits per heavy atom. The third-order valence-electron chi connectivity index (χ3n) is 4.61. The van der Waals surface area contributed by atoms with Gasteiger partial charge in [-0.15, -0.1) is 0 Å². The first kappa shape index (κ1) is 17.4. The molecule has 3 aromatic rings. The molecule has 0 bridgehead atoms. The van der Waals surface area contributed by atoms with Crippen molar-refractivity contribution in [3.05, 3.63) is 41.2 Å². The van der Waals surface area contributed by atoms with Crippen LogP contribution in [0.1, 0.15) is 37.2 Å². The van der Waals surface area contributed by atoms with Gasteiger partial charge in [0.05, 0.1) is 5.52 Å². The Bertz CT molecular complexity index is 942. The van der Waals surface area contributed by atoms with Gasteiger partial charge in [-0.2, -0.15) is 5.10 Å². The van der Waals surface area contributed by atoms with Crippen molar-refractivity contribution in [2.45, 2.75) is 46.1 Å².